The highest BCUT2D eigenvalue weighted by Gasteiger charge is 2.62. The zero-order valence-electron chi connectivity index (χ0n) is 20.2. The summed E-state index contributed by atoms with van der Waals surface area (Å²) >= 11 is 0. The molecule has 3 saturated heterocycles. The van der Waals surface area contributed by atoms with E-state index in [9.17, 15) is 0 Å². The van der Waals surface area contributed by atoms with Gasteiger partial charge in [-0.3, -0.25) is 4.90 Å². The first-order valence-electron chi connectivity index (χ1n) is 13.0. The van der Waals surface area contributed by atoms with Gasteiger partial charge in [0, 0.05) is 20.0 Å². The predicted molar refractivity (Wildman–Crippen MR) is 129 cm³/mol. The molecule has 0 bridgehead atoms. The number of hydrogen-bond donors (Lipinski definition) is 0. The molecule has 2 aromatic carbocycles. The van der Waals surface area contributed by atoms with Crippen LogP contribution in [0.5, 0.6) is 0 Å². The van der Waals surface area contributed by atoms with Crippen molar-refractivity contribution in [3.05, 3.63) is 48.0 Å². The molecule has 6 rings (SSSR count). The summed E-state index contributed by atoms with van der Waals surface area (Å²) in [7, 11) is 1.69. The van der Waals surface area contributed by atoms with Gasteiger partial charge in [0.25, 0.3) is 0 Å². The minimum absolute atomic E-state index is 0.0337. The van der Waals surface area contributed by atoms with Gasteiger partial charge < -0.3 is 23.7 Å². The molecule has 0 radical (unpaired) electrons. The van der Waals surface area contributed by atoms with E-state index in [1.165, 1.54) is 35.6 Å². The van der Waals surface area contributed by atoms with Crippen LogP contribution >= 0.6 is 0 Å². The molecule has 0 unspecified atom stereocenters. The molecule has 1 saturated carbocycles. The molecule has 6 heteroatoms. The van der Waals surface area contributed by atoms with E-state index in [1.54, 1.807) is 7.11 Å². The summed E-state index contributed by atoms with van der Waals surface area (Å²) in [5.41, 5.74) is 1.21. The fraction of sp³-hybridized carbons (Fsp3) is 0.643. The molecular weight excluding hydrogens is 430 g/mol. The topological polar surface area (TPSA) is 49.4 Å². The van der Waals surface area contributed by atoms with Gasteiger partial charge in [-0.05, 0) is 54.6 Å². The molecule has 0 amide bonds. The van der Waals surface area contributed by atoms with E-state index in [4.69, 9.17) is 23.7 Å². The maximum atomic E-state index is 6.80. The van der Waals surface area contributed by atoms with Crippen LogP contribution in [0.1, 0.15) is 50.5 Å². The first-order valence-corrected chi connectivity index (χ1v) is 13.0. The Morgan fingerprint density at radius 3 is 2.65 bits per heavy atom. The summed E-state index contributed by atoms with van der Waals surface area (Å²) in [5, 5.41) is 2.52. The lowest BCUT2D eigenvalue weighted by Crippen LogP contribution is -2.54. The van der Waals surface area contributed by atoms with Crippen LogP contribution in [0.4, 0.5) is 0 Å². The minimum atomic E-state index is -0.403. The van der Waals surface area contributed by atoms with Crippen molar-refractivity contribution in [1.82, 2.24) is 4.90 Å². The Kier molecular flexibility index (Phi) is 6.63. The molecule has 0 aromatic heterocycles. The van der Waals surface area contributed by atoms with E-state index >= 15 is 0 Å². The molecule has 1 aliphatic carbocycles. The van der Waals surface area contributed by atoms with Gasteiger partial charge in [-0.25, -0.2) is 0 Å². The average molecular weight is 468 g/mol. The monoisotopic (exact) mass is 467 g/mol. The SMILES string of the molecule is COCO[C@@H]1CCCN2[C@H]1[C@@H]1OC3(CCCCC3)O[C@@H]1[C@@H]2COCc1ccc2ccccc2c1. The van der Waals surface area contributed by atoms with E-state index in [1.807, 2.05) is 0 Å². The largest absolute Gasteiger partial charge is 0.375 e. The maximum Gasteiger partial charge on any atom is 0.169 e. The number of ether oxygens (including phenoxy) is 5. The Balaban J connectivity index is 1.18. The zero-order valence-corrected chi connectivity index (χ0v) is 20.2. The minimum Gasteiger partial charge on any atom is -0.375 e. The van der Waals surface area contributed by atoms with Gasteiger partial charge in [0.05, 0.1) is 31.4 Å². The Morgan fingerprint density at radius 2 is 1.79 bits per heavy atom. The van der Waals surface area contributed by atoms with Crippen molar-refractivity contribution >= 4 is 10.8 Å². The van der Waals surface area contributed by atoms with Crippen LogP contribution in [0.3, 0.4) is 0 Å². The maximum absolute atomic E-state index is 6.80. The first-order chi connectivity index (χ1) is 16.8. The molecule has 0 N–H and O–H groups in total. The molecule has 5 atom stereocenters. The third kappa shape index (κ3) is 4.29. The first kappa shape index (κ1) is 22.9. The highest BCUT2D eigenvalue weighted by Crippen LogP contribution is 2.49. The molecule has 4 fully saturated rings. The normalized spacial score (nSPS) is 32.8. The standard InChI is InChI=1S/C28H37NO5/c1-30-19-32-24-10-7-15-29-23(18-31-17-20-11-12-21-8-3-4-9-22(21)16-20)26-27(25(24)29)34-28(33-26)13-5-2-6-14-28/h3-4,8-9,11-12,16,23-27H,2,5-7,10,13-15,17-19H2,1H3/t23-,24+,25+,26+,27-/m0/s1. The molecule has 3 aliphatic heterocycles. The lowest BCUT2D eigenvalue weighted by atomic mass is 9.94. The Labute approximate surface area is 202 Å². The molecule has 6 nitrogen and oxygen atoms in total. The summed E-state index contributed by atoms with van der Waals surface area (Å²) in [4.78, 5) is 2.55. The van der Waals surface area contributed by atoms with Gasteiger partial charge in [0.1, 0.15) is 19.0 Å². The molecule has 2 aromatic rings. The van der Waals surface area contributed by atoms with Crippen LogP contribution in [0.15, 0.2) is 42.5 Å². The van der Waals surface area contributed by atoms with Crippen LogP contribution in [-0.4, -0.2) is 68.1 Å². The molecule has 4 aliphatic rings. The van der Waals surface area contributed by atoms with Crippen molar-refractivity contribution in [2.75, 3.05) is 27.1 Å². The quantitative estimate of drug-likeness (QED) is 0.553. The van der Waals surface area contributed by atoms with E-state index in [0.29, 0.717) is 20.0 Å². The van der Waals surface area contributed by atoms with Gasteiger partial charge in [-0.1, -0.05) is 42.8 Å². The lowest BCUT2D eigenvalue weighted by molar-refractivity contribution is -0.223. The van der Waals surface area contributed by atoms with Crippen LogP contribution in [-0.2, 0) is 30.3 Å². The zero-order chi connectivity index (χ0) is 23.0. The van der Waals surface area contributed by atoms with Crippen molar-refractivity contribution in [1.29, 1.82) is 0 Å². The van der Waals surface area contributed by atoms with Crippen molar-refractivity contribution in [3.63, 3.8) is 0 Å². The molecular formula is C28H37NO5. The Morgan fingerprint density at radius 1 is 0.971 bits per heavy atom. The number of benzene rings is 2. The molecule has 34 heavy (non-hydrogen) atoms. The van der Waals surface area contributed by atoms with Crippen molar-refractivity contribution in [2.24, 2.45) is 0 Å². The number of fused-ring (bicyclic) bond motifs is 4. The van der Waals surface area contributed by atoms with E-state index in [2.05, 4.69) is 47.4 Å². The average Bonchev–Trinajstić information content (AvgIpc) is 3.36. The Hall–Kier alpha value is -1.54. The second kappa shape index (κ2) is 9.84. The van der Waals surface area contributed by atoms with Crippen LogP contribution < -0.4 is 0 Å². The summed E-state index contributed by atoms with van der Waals surface area (Å²) in [5.74, 6) is -0.403. The van der Waals surface area contributed by atoms with Gasteiger partial charge in [-0.2, -0.15) is 0 Å². The second-order valence-electron chi connectivity index (χ2n) is 10.4. The molecule has 1 spiro atoms. The Bertz CT molecular complexity index is 976. The lowest BCUT2D eigenvalue weighted by Gasteiger charge is -2.42. The number of hydrogen-bond acceptors (Lipinski definition) is 6. The highest BCUT2D eigenvalue weighted by molar-refractivity contribution is 5.82. The summed E-state index contributed by atoms with van der Waals surface area (Å²) < 4.78 is 31.4. The van der Waals surface area contributed by atoms with E-state index in [0.717, 1.165) is 32.2 Å². The van der Waals surface area contributed by atoms with Gasteiger partial charge in [-0.15, -0.1) is 0 Å². The second-order valence-corrected chi connectivity index (χ2v) is 10.4. The van der Waals surface area contributed by atoms with Crippen molar-refractivity contribution in [2.45, 2.75) is 87.7 Å². The number of piperidine rings is 1. The predicted octanol–water partition coefficient (Wildman–Crippen LogP) is 4.64. The fourth-order valence-corrected chi connectivity index (χ4v) is 6.68. The van der Waals surface area contributed by atoms with Gasteiger partial charge >= 0.3 is 0 Å². The van der Waals surface area contributed by atoms with Crippen molar-refractivity contribution in [3.8, 4) is 0 Å². The van der Waals surface area contributed by atoms with Crippen LogP contribution in [0, 0.1) is 0 Å². The summed E-state index contributed by atoms with van der Waals surface area (Å²) in [6.45, 7) is 2.60. The summed E-state index contributed by atoms with van der Waals surface area (Å²) in [6.07, 6.45) is 7.96. The smallest absolute Gasteiger partial charge is 0.169 e. The van der Waals surface area contributed by atoms with E-state index in [-0.39, 0.29) is 30.4 Å². The number of rotatable bonds is 7. The van der Waals surface area contributed by atoms with Crippen LogP contribution in [0.25, 0.3) is 10.8 Å². The number of methoxy groups -OCH3 is 1. The molecule has 3 heterocycles. The summed E-state index contributed by atoms with van der Waals surface area (Å²) in [6, 6.07) is 15.4. The number of nitrogens with zero attached hydrogens (tertiary/aromatic N) is 1. The fourth-order valence-electron chi connectivity index (χ4n) is 6.68. The van der Waals surface area contributed by atoms with Gasteiger partial charge in [0.2, 0.25) is 0 Å². The molecule has 184 valence electrons. The third-order valence-corrected chi connectivity index (χ3v) is 8.22. The van der Waals surface area contributed by atoms with Gasteiger partial charge in [0.15, 0.2) is 5.79 Å². The third-order valence-electron chi connectivity index (χ3n) is 8.22. The van der Waals surface area contributed by atoms with E-state index < -0.39 is 5.79 Å². The van der Waals surface area contributed by atoms with Crippen molar-refractivity contribution < 1.29 is 23.7 Å². The highest BCUT2D eigenvalue weighted by atomic mass is 16.8. The van der Waals surface area contributed by atoms with Crippen LogP contribution in [0.2, 0.25) is 0 Å².